The lowest BCUT2D eigenvalue weighted by molar-refractivity contribution is 0.391. The minimum absolute atomic E-state index is 0.130. The van der Waals surface area contributed by atoms with Crippen LogP contribution in [0, 0.1) is 12.7 Å². The number of anilines is 2. The average Bonchev–Trinajstić information content (AvgIpc) is 2.74. The van der Waals surface area contributed by atoms with Crippen molar-refractivity contribution < 1.29 is 8.91 Å². The molecule has 2 aromatic rings. The molecule has 2 heterocycles. The molecule has 7 heteroatoms. The molecule has 2 rings (SSSR count). The molecule has 0 radical (unpaired) electrons. The highest BCUT2D eigenvalue weighted by Crippen LogP contribution is 2.12. The van der Waals surface area contributed by atoms with E-state index in [0.29, 0.717) is 23.9 Å². The standard InChI is InChI=1S/C10H12FN5O/c1-6-3-7(16-17-6)4-13-9-8(11)5-14-10(12-2)15-9/h3,5H,4H2,1-2H3,(H2,12,13,14,15). The van der Waals surface area contributed by atoms with Crippen LogP contribution in [0.25, 0.3) is 0 Å². The van der Waals surface area contributed by atoms with E-state index < -0.39 is 5.82 Å². The van der Waals surface area contributed by atoms with Crippen LogP contribution in [0.3, 0.4) is 0 Å². The van der Waals surface area contributed by atoms with Crippen LogP contribution in [0.4, 0.5) is 16.2 Å². The van der Waals surface area contributed by atoms with Crippen molar-refractivity contribution in [2.75, 3.05) is 17.7 Å². The zero-order valence-electron chi connectivity index (χ0n) is 9.49. The van der Waals surface area contributed by atoms with E-state index >= 15 is 0 Å². The van der Waals surface area contributed by atoms with E-state index in [1.165, 1.54) is 0 Å². The van der Waals surface area contributed by atoms with Gasteiger partial charge in [-0.2, -0.15) is 4.98 Å². The van der Waals surface area contributed by atoms with Gasteiger partial charge in [0.05, 0.1) is 12.7 Å². The molecule has 0 amide bonds. The van der Waals surface area contributed by atoms with E-state index in [9.17, 15) is 4.39 Å². The molecule has 17 heavy (non-hydrogen) atoms. The monoisotopic (exact) mass is 237 g/mol. The number of halogens is 1. The maximum absolute atomic E-state index is 13.4. The smallest absolute Gasteiger partial charge is 0.224 e. The first-order chi connectivity index (χ1) is 8.19. The third kappa shape index (κ3) is 2.68. The van der Waals surface area contributed by atoms with Crippen molar-refractivity contribution in [3.63, 3.8) is 0 Å². The molecule has 0 aliphatic heterocycles. The first-order valence-electron chi connectivity index (χ1n) is 5.05. The molecule has 0 bridgehead atoms. The molecule has 0 unspecified atom stereocenters. The summed E-state index contributed by atoms with van der Waals surface area (Å²) in [6, 6.07) is 1.77. The zero-order valence-corrected chi connectivity index (χ0v) is 9.49. The largest absolute Gasteiger partial charge is 0.362 e. The van der Waals surface area contributed by atoms with Gasteiger partial charge in [-0.3, -0.25) is 0 Å². The van der Waals surface area contributed by atoms with Crippen molar-refractivity contribution in [3.8, 4) is 0 Å². The predicted molar refractivity (Wildman–Crippen MR) is 60.1 cm³/mol. The van der Waals surface area contributed by atoms with E-state index in [4.69, 9.17) is 4.52 Å². The molecule has 0 fully saturated rings. The fourth-order valence-corrected chi connectivity index (χ4v) is 1.29. The van der Waals surface area contributed by atoms with E-state index in [0.717, 1.165) is 6.20 Å². The van der Waals surface area contributed by atoms with Crippen molar-refractivity contribution in [1.82, 2.24) is 15.1 Å². The molecule has 0 atom stereocenters. The molecule has 0 saturated heterocycles. The molecule has 0 saturated carbocycles. The van der Waals surface area contributed by atoms with Crippen LogP contribution in [-0.4, -0.2) is 22.2 Å². The molecular weight excluding hydrogens is 225 g/mol. The van der Waals surface area contributed by atoms with Gasteiger partial charge in [-0.1, -0.05) is 5.16 Å². The molecular formula is C10H12FN5O. The number of aromatic nitrogens is 3. The third-order valence-corrected chi connectivity index (χ3v) is 2.08. The van der Waals surface area contributed by atoms with Gasteiger partial charge in [-0.15, -0.1) is 0 Å². The van der Waals surface area contributed by atoms with Gasteiger partial charge in [0.2, 0.25) is 5.95 Å². The quantitative estimate of drug-likeness (QED) is 0.840. The van der Waals surface area contributed by atoms with Crippen LogP contribution in [0.1, 0.15) is 11.5 Å². The van der Waals surface area contributed by atoms with Crippen LogP contribution < -0.4 is 10.6 Å². The summed E-state index contributed by atoms with van der Waals surface area (Å²) in [4.78, 5) is 7.69. The Bertz CT molecular complexity index is 513. The normalized spacial score (nSPS) is 10.3. The molecule has 0 aliphatic rings. The van der Waals surface area contributed by atoms with Gasteiger partial charge in [0, 0.05) is 13.1 Å². The lowest BCUT2D eigenvalue weighted by atomic mass is 10.4. The zero-order chi connectivity index (χ0) is 12.3. The maximum atomic E-state index is 13.4. The second kappa shape index (κ2) is 4.77. The number of nitrogens with zero attached hydrogens (tertiary/aromatic N) is 3. The maximum Gasteiger partial charge on any atom is 0.224 e. The third-order valence-electron chi connectivity index (χ3n) is 2.08. The predicted octanol–water partition coefficient (Wildman–Crippen LogP) is 1.57. The van der Waals surface area contributed by atoms with E-state index in [-0.39, 0.29) is 5.82 Å². The van der Waals surface area contributed by atoms with E-state index in [1.54, 1.807) is 20.0 Å². The summed E-state index contributed by atoms with van der Waals surface area (Å²) in [7, 11) is 1.66. The molecule has 2 N–H and O–H groups in total. The van der Waals surface area contributed by atoms with Crippen molar-refractivity contribution in [1.29, 1.82) is 0 Å². The molecule has 6 nitrogen and oxygen atoms in total. The fraction of sp³-hybridized carbons (Fsp3) is 0.300. The van der Waals surface area contributed by atoms with Crippen LogP contribution in [-0.2, 0) is 6.54 Å². The highest BCUT2D eigenvalue weighted by molar-refractivity contribution is 5.40. The highest BCUT2D eigenvalue weighted by Gasteiger charge is 2.07. The average molecular weight is 237 g/mol. The summed E-state index contributed by atoms with van der Waals surface area (Å²) in [6.45, 7) is 2.13. The van der Waals surface area contributed by atoms with Gasteiger partial charge in [0.15, 0.2) is 11.6 Å². The first kappa shape index (κ1) is 11.3. The summed E-state index contributed by atoms with van der Waals surface area (Å²) in [5.74, 6) is 0.681. The number of nitrogens with one attached hydrogen (secondary N) is 2. The van der Waals surface area contributed by atoms with E-state index in [2.05, 4.69) is 25.8 Å². The van der Waals surface area contributed by atoms with E-state index in [1.807, 2.05) is 0 Å². The molecule has 0 aliphatic carbocycles. The van der Waals surface area contributed by atoms with Crippen molar-refractivity contribution >= 4 is 11.8 Å². The fourth-order valence-electron chi connectivity index (χ4n) is 1.29. The van der Waals surface area contributed by atoms with Gasteiger partial charge in [0.1, 0.15) is 11.5 Å². The summed E-state index contributed by atoms with van der Waals surface area (Å²) in [5, 5.41) is 9.35. The molecule has 0 spiro atoms. The Morgan fingerprint density at radius 2 is 2.29 bits per heavy atom. The second-order valence-electron chi connectivity index (χ2n) is 3.42. The SMILES string of the molecule is CNc1ncc(F)c(NCc2cc(C)on2)n1. The summed E-state index contributed by atoms with van der Waals surface area (Å²) >= 11 is 0. The van der Waals surface area contributed by atoms with Crippen molar-refractivity contribution in [2.24, 2.45) is 0 Å². The Hall–Kier alpha value is -2.18. The summed E-state index contributed by atoms with van der Waals surface area (Å²) in [5.41, 5.74) is 0.687. The second-order valence-corrected chi connectivity index (χ2v) is 3.42. The topological polar surface area (TPSA) is 75.9 Å². The number of rotatable bonds is 4. The Labute approximate surface area is 97.3 Å². The minimum Gasteiger partial charge on any atom is -0.362 e. The molecule has 0 aromatic carbocycles. The minimum atomic E-state index is -0.510. The van der Waals surface area contributed by atoms with Gasteiger partial charge < -0.3 is 15.2 Å². The van der Waals surface area contributed by atoms with Gasteiger partial charge in [0.25, 0.3) is 0 Å². The van der Waals surface area contributed by atoms with Crippen LogP contribution in [0.5, 0.6) is 0 Å². The highest BCUT2D eigenvalue weighted by atomic mass is 19.1. The van der Waals surface area contributed by atoms with Crippen molar-refractivity contribution in [2.45, 2.75) is 13.5 Å². The van der Waals surface area contributed by atoms with Gasteiger partial charge in [-0.25, -0.2) is 9.37 Å². The Morgan fingerprint density at radius 3 is 2.94 bits per heavy atom. The Morgan fingerprint density at radius 1 is 1.47 bits per heavy atom. The molecule has 90 valence electrons. The Kier molecular flexibility index (Phi) is 3.17. The van der Waals surface area contributed by atoms with Crippen LogP contribution >= 0.6 is 0 Å². The first-order valence-corrected chi connectivity index (χ1v) is 5.05. The summed E-state index contributed by atoms with van der Waals surface area (Å²) in [6.07, 6.45) is 1.11. The lowest BCUT2D eigenvalue weighted by Gasteiger charge is -2.05. The van der Waals surface area contributed by atoms with Crippen LogP contribution in [0.2, 0.25) is 0 Å². The van der Waals surface area contributed by atoms with Gasteiger partial charge >= 0.3 is 0 Å². The molecule has 2 aromatic heterocycles. The number of hydrogen-bond donors (Lipinski definition) is 2. The number of hydrogen-bond acceptors (Lipinski definition) is 6. The summed E-state index contributed by atoms with van der Waals surface area (Å²) < 4.78 is 18.3. The van der Waals surface area contributed by atoms with Gasteiger partial charge in [-0.05, 0) is 6.92 Å². The van der Waals surface area contributed by atoms with Crippen LogP contribution in [0.15, 0.2) is 16.8 Å². The number of aryl methyl sites for hydroxylation is 1. The Balaban J connectivity index is 2.07. The lowest BCUT2D eigenvalue weighted by Crippen LogP contribution is -2.06. The van der Waals surface area contributed by atoms with Crippen molar-refractivity contribution in [3.05, 3.63) is 29.5 Å².